The van der Waals surface area contributed by atoms with Gasteiger partial charge in [0.25, 0.3) is 0 Å². The van der Waals surface area contributed by atoms with Gasteiger partial charge in [-0.2, -0.15) is 0 Å². The molecule has 2 aromatic carbocycles. The number of hydrogen-bond donors (Lipinski definition) is 1. The fourth-order valence-corrected chi connectivity index (χ4v) is 1.91. The lowest BCUT2D eigenvalue weighted by Gasteiger charge is -2.14. The number of hydrogen-bond acceptors (Lipinski definition) is 3. The number of aliphatic hydroxyl groups excluding tert-OH is 1. The number of rotatable bonds is 6. The molecule has 0 aliphatic heterocycles. The van der Waals surface area contributed by atoms with E-state index >= 15 is 0 Å². The van der Waals surface area contributed by atoms with Crippen LogP contribution in [0.3, 0.4) is 0 Å². The van der Waals surface area contributed by atoms with E-state index in [4.69, 9.17) is 21.4 Å². The highest BCUT2D eigenvalue weighted by molar-refractivity contribution is 6.18. The standard InChI is InChI=1S/C16H15ClO3/c17-10-15(11-18)20-14-8-6-13(7-9-14)16(19)12-4-2-1-3-5-12/h1-9,15,18H,10-11H2. The van der Waals surface area contributed by atoms with Crippen LogP contribution in [0.25, 0.3) is 0 Å². The van der Waals surface area contributed by atoms with Gasteiger partial charge in [-0.25, -0.2) is 0 Å². The van der Waals surface area contributed by atoms with Crippen molar-refractivity contribution in [3.63, 3.8) is 0 Å². The monoisotopic (exact) mass is 290 g/mol. The molecule has 0 saturated carbocycles. The molecule has 0 heterocycles. The van der Waals surface area contributed by atoms with Gasteiger partial charge in [0, 0.05) is 11.1 Å². The molecule has 1 N–H and O–H groups in total. The van der Waals surface area contributed by atoms with Crippen LogP contribution in [0.1, 0.15) is 15.9 Å². The van der Waals surface area contributed by atoms with Crippen LogP contribution in [0.15, 0.2) is 54.6 Å². The summed E-state index contributed by atoms with van der Waals surface area (Å²) in [7, 11) is 0. The molecule has 2 aromatic rings. The summed E-state index contributed by atoms with van der Waals surface area (Å²) in [6.45, 7) is -0.145. The van der Waals surface area contributed by atoms with Crippen LogP contribution in [0.4, 0.5) is 0 Å². The molecule has 0 fully saturated rings. The fourth-order valence-electron chi connectivity index (χ4n) is 1.75. The predicted octanol–water partition coefficient (Wildman–Crippen LogP) is 2.90. The Bertz CT molecular complexity index is 548. The Morgan fingerprint density at radius 1 is 1.05 bits per heavy atom. The Labute approximate surface area is 122 Å². The van der Waals surface area contributed by atoms with Gasteiger partial charge in [-0.1, -0.05) is 30.3 Å². The van der Waals surface area contributed by atoms with Crippen molar-refractivity contribution in [1.29, 1.82) is 0 Å². The molecular weight excluding hydrogens is 276 g/mol. The van der Waals surface area contributed by atoms with Gasteiger partial charge in [0.2, 0.25) is 0 Å². The van der Waals surface area contributed by atoms with Crippen molar-refractivity contribution in [3.8, 4) is 5.75 Å². The molecule has 1 unspecified atom stereocenters. The molecular formula is C16H15ClO3. The van der Waals surface area contributed by atoms with Crippen LogP contribution in [0.5, 0.6) is 5.75 Å². The lowest BCUT2D eigenvalue weighted by Crippen LogP contribution is -2.22. The molecule has 20 heavy (non-hydrogen) atoms. The van der Waals surface area contributed by atoms with Gasteiger partial charge in [0.15, 0.2) is 5.78 Å². The molecule has 0 saturated heterocycles. The number of ether oxygens (including phenoxy) is 1. The highest BCUT2D eigenvalue weighted by atomic mass is 35.5. The van der Waals surface area contributed by atoms with Crippen molar-refractivity contribution in [2.75, 3.05) is 12.5 Å². The van der Waals surface area contributed by atoms with Crippen molar-refractivity contribution in [3.05, 3.63) is 65.7 Å². The van der Waals surface area contributed by atoms with Crippen molar-refractivity contribution >= 4 is 17.4 Å². The van der Waals surface area contributed by atoms with Gasteiger partial charge < -0.3 is 9.84 Å². The number of benzene rings is 2. The lowest BCUT2D eigenvalue weighted by atomic mass is 10.0. The van der Waals surface area contributed by atoms with Crippen LogP contribution < -0.4 is 4.74 Å². The summed E-state index contributed by atoms with van der Waals surface area (Å²) in [5.41, 5.74) is 1.24. The summed E-state index contributed by atoms with van der Waals surface area (Å²) in [4.78, 5) is 12.2. The average molecular weight is 291 g/mol. The zero-order valence-corrected chi connectivity index (χ0v) is 11.6. The van der Waals surface area contributed by atoms with Crippen molar-refractivity contribution < 1.29 is 14.6 Å². The molecule has 0 aromatic heterocycles. The third-order valence-electron chi connectivity index (χ3n) is 2.83. The first kappa shape index (κ1) is 14.6. The quantitative estimate of drug-likeness (QED) is 0.657. The van der Waals surface area contributed by atoms with Gasteiger partial charge in [-0.15, -0.1) is 11.6 Å². The molecule has 1 atom stereocenters. The summed E-state index contributed by atoms with van der Waals surface area (Å²) < 4.78 is 5.46. The smallest absolute Gasteiger partial charge is 0.193 e. The maximum Gasteiger partial charge on any atom is 0.193 e. The van der Waals surface area contributed by atoms with E-state index in [-0.39, 0.29) is 18.3 Å². The van der Waals surface area contributed by atoms with E-state index in [0.29, 0.717) is 16.9 Å². The third kappa shape index (κ3) is 3.59. The van der Waals surface area contributed by atoms with Crippen LogP contribution in [-0.2, 0) is 0 Å². The van der Waals surface area contributed by atoms with Gasteiger partial charge in [-0.05, 0) is 24.3 Å². The third-order valence-corrected chi connectivity index (χ3v) is 3.18. The minimum absolute atomic E-state index is 0.0341. The zero-order valence-electron chi connectivity index (χ0n) is 10.8. The topological polar surface area (TPSA) is 46.5 Å². The lowest BCUT2D eigenvalue weighted by molar-refractivity contribution is 0.103. The summed E-state index contributed by atoms with van der Waals surface area (Å²) in [6.07, 6.45) is -0.438. The SMILES string of the molecule is O=C(c1ccccc1)c1ccc(OC(CO)CCl)cc1. The number of ketones is 1. The molecule has 4 heteroatoms. The van der Waals surface area contributed by atoms with E-state index in [1.54, 1.807) is 36.4 Å². The molecule has 2 rings (SSSR count). The minimum atomic E-state index is -0.438. The Balaban J connectivity index is 2.10. The van der Waals surface area contributed by atoms with E-state index in [2.05, 4.69) is 0 Å². The second-order valence-electron chi connectivity index (χ2n) is 4.30. The van der Waals surface area contributed by atoms with Crippen LogP contribution in [0.2, 0.25) is 0 Å². The van der Waals surface area contributed by atoms with Crippen molar-refractivity contribution in [2.45, 2.75) is 6.10 Å². The number of carbonyl (C=O) groups excluding carboxylic acids is 1. The van der Waals surface area contributed by atoms with Crippen molar-refractivity contribution in [1.82, 2.24) is 0 Å². The molecule has 0 bridgehead atoms. The molecule has 0 aliphatic rings. The Morgan fingerprint density at radius 2 is 1.65 bits per heavy atom. The van der Waals surface area contributed by atoms with Gasteiger partial charge in [0.05, 0.1) is 12.5 Å². The predicted molar refractivity (Wildman–Crippen MR) is 78.5 cm³/mol. The summed E-state index contributed by atoms with van der Waals surface area (Å²) in [5, 5.41) is 9.02. The van der Waals surface area contributed by atoms with E-state index < -0.39 is 6.10 Å². The minimum Gasteiger partial charge on any atom is -0.487 e. The Hall–Kier alpha value is -1.84. The zero-order chi connectivity index (χ0) is 14.4. The first-order chi connectivity index (χ1) is 9.74. The van der Waals surface area contributed by atoms with Crippen molar-refractivity contribution in [2.24, 2.45) is 0 Å². The molecule has 0 aliphatic carbocycles. The molecule has 0 spiro atoms. The van der Waals surface area contributed by atoms with Gasteiger partial charge in [-0.3, -0.25) is 4.79 Å². The number of carbonyl (C=O) groups is 1. The van der Waals surface area contributed by atoms with E-state index in [1.807, 2.05) is 18.2 Å². The van der Waals surface area contributed by atoms with E-state index in [1.165, 1.54) is 0 Å². The largest absolute Gasteiger partial charge is 0.487 e. The highest BCUT2D eigenvalue weighted by Gasteiger charge is 2.10. The Kier molecular flexibility index (Phi) is 5.16. The maximum atomic E-state index is 12.2. The van der Waals surface area contributed by atoms with Gasteiger partial charge in [0.1, 0.15) is 11.9 Å². The maximum absolute atomic E-state index is 12.2. The van der Waals surface area contributed by atoms with E-state index in [9.17, 15) is 4.79 Å². The summed E-state index contributed by atoms with van der Waals surface area (Å²) in [6, 6.07) is 15.9. The normalized spacial score (nSPS) is 11.9. The second kappa shape index (κ2) is 7.08. The van der Waals surface area contributed by atoms with Crippen LogP contribution in [0, 0.1) is 0 Å². The molecule has 0 amide bonds. The van der Waals surface area contributed by atoms with E-state index in [0.717, 1.165) is 0 Å². The number of aliphatic hydroxyl groups is 1. The summed E-state index contributed by atoms with van der Waals surface area (Å²) in [5.74, 6) is 0.754. The highest BCUT2D eigenvalue weighted by Crippen LogP contribution is 2.17. The second-order valence-corrected chi connectivity index (χ2v) is 4.60. The Morgan fingerprint density at radius 3 is 2.20 bits per heavy atom. The van der Waals surface area contributed by atoms with Gasteiger partial charge >= 0.3 is 0 Å². The van der Waals surface area contributed by atoms with Crippen LogP contribution >= 0.6 is 11.6 Å². The summed E-state index contributed by atoms with van der Waals surface area (Å²) >= 11 is 5.64. The number of alkyl halides is 1. The first-order valence-electron chi connectivity index (χ1n) is 6.28. The number of halogens is 1. The molecule has 0 radical (unpaired) electrons. The fraction of sp³-hybridized carbons (Fsp3) is 0.188. The average Bonchev–Trinajstić information content (AvgIpc) is 2.53. The molecule has 104 valence electrons. The van der Waals surface area contributed by atoms with Crippen LogP contribution in [-0.4, -0.2) is 29.5 Å². The molecule has 3 nitrogen and oxygen atoms in total. The first-order valence-corrected chi connectivity index (χ1v) is 6.81.